The first-order valence-corrected chi connectivity index (χ1v) is 2.68. The fraction of sp³-hybridized carbons (Fsp3) is 1.00. The van der Waals surface area contributed by atoms with Crippen molar-refractivity contribution in [1.82, 2.24) is 0 Å². The van der Waals surface area contributed by atoms with Crippen LogP contribution in [0.3, 0.4) is 0 Å². The lowest BCUT2D eigenvalue weighted by Crippen LogP contribution is -1.57. The number of hydrogen-bond acceptors (Lipinski definition) is 2. The van der Waals surface area contributed by atoms with Crippen LogP contribution in [0.1, 0.15) is 28.7 Å². The second-order valence-corrected chi connectivity index (χ2v) is 1.26. The molecule has 0 aromatic heterocycles. The molecular weight excluding hydrogens is 120 g/mol. The molecular formula is C6H20OS. The number of hydrogen-bond donors (Lipinski definition) is 2. The topological polar surface area (TPSA) is 20.2 Å². The molecule has 0 aliphatic heterocycles. The fourth-order valence-corrected chi connectivity index (χ4v) is 0. The molecule has 0 aliphatic carbocycles. The third-order valence-corrected chi connectivity index (χ3v) is 0. The van der Waals surface area contributed by atoms with Gasteiger partial charge in [0, 0.05) is 6.61 Å². The van der Waals surface area contributed by atoms with Gasteiger partial charge in [-0.2, -0.15) is 12.6 Å². The van der Waals surface area contributed by atoms with Crippen molar-refractivity contribution in [3.05, 3.63) is 0 Å². The quantitative estimate of drug-likeness (QED) is 0.494. The highest BCUT2D eigenvalue weighted by molar-refractivity contribution is 7.80. The summed E-state index contributed by atoms with van der Waals surface area (Å²) in [6, 6.07) is 0. The third-order valence-electron chi connectivity index (χ3n) is 0. The molecule has 1 N–H and O–H groups in total. The van der Waals surface area contributed by atoms with E-state index in [0.29, 0.717) is 0 Å². The second-order valence-electron chi connectivity index (χ2n) is 0.632. The van der Waals surface area contributed by atoms with Gasteiger partial charge in [-0.1, -0.05) is 21.8 Å². The molecule has 1 nitrogen and oxygen atoms in total. The number of thiol groups is 1. The maximum Gasteiger partial charge on any atom is 0.0402 e. The molecule has 0 fully saturated rings. The molecule has 0 bridgehead atoms. The van der Waals surface area contributed by atoms with Crippen LogP contribution < -0.4 is 0 Å². The Bertz CT molecular complexity index is 10.5. The van der Waals surface area contributed by atoms with E-state index in [0.717, 1.165) is 5.75 Å². The van der Waals surface area contributed by atoms with Crippen molar-refractivity contribution >= 4 is 12.6 Å². The van der Waals surface area contributed by atoms with Crippen LogP contribution in [0, 0.1) is 0 Å². The smallest absolute Gasteiger partial charge is 0.0402 e. The molecule has 0 heterocycles. The van der Waals surface area contributed by atoms with Crippen molar-refractivity contribution in [2.45, 2.75) is 28.7 Å². The van der Waals surface area contributed by atoms with Crippen LogP contribution in [0.2, 0.25) is 0 Å². The van der Waals surface area contributed by atoms with Crippen molar-refractivity contribution in [1.29, 1.82) is 0 Å². The first-order valence-electron chi connectivity index (χ1n) is 2.05. The molecule has 0 radical (unpaired) electrons. The maximum absolute atomic E-state index is 7.57. The van der Waals surface area contributed by atoms with E-state index < -0.39 is 0 Å². The van der Waals surface area contributed by atoms with E-state index in [1.54, 1.807) is 6.92 Å². The Kier molecular flexibility index (Phi) is 163. The molecule has 0 aromatic carbocycles. The van der Waals surface area contributed by atoms with E-state index in [1.165, 1.54) is 0 Å². The van der Waals surface area contributed by atoms with Gasteiger partial charge < -0.3 is 5.11 Å². The number of aliphatic hydroxyl groups is 1. The predicted octanol–water partition coefficient (Wildman–Crippen LogP) is 2.21. The first-order chi connectivity index (χ1) is 2.83. The van der Waals surface area contributed by atoms with Gasteiger partial charge >= 0.3 is 0 Å². The van der Waals surface area contributed by atoms with Crippen LogP contribution in [0.15, 0.2) is 0 Å². The molecule has 0 saturated heterocycles. The molecule has 0 amide bonds. The molecule has 0 atom stereocenters. The van der Waals surface area contributed by atoms with E-state index >= 15 is 0 Å². The summed E-state index contributed by atoms with van der Waals surface area (Å²) in [6.45, 7) is 3.92. The average Bonchev–Trinajstić information content (AvgIpc) is 1.39. The molecule has 0 saturated carbocycles. The van der Waals surface area contributed by atoms with Crippen LogP contribution >= 0.6 is 12.6 Å². The molecule has 0 spiro atoms. The minimum atomic E-state index is 0. The zero-order valence-electron chi connectivity index (χ0n) is 4.31. The van der Waals surface area contributed by atoms with Gasteiger partial charge in [0.1, 0.15) is 0 Å². The summed E-state index contributed by atoms with van der Waals surface area (Å²) in [5, 5.41) is 7.57. The van der Waals surface area contributed by atoms with Crippen molar-refractivity contribution in [3.63, 3.8) is 0 Å². The van der Waals surface area contributed by atoms with Gasteiger partial charge in [0.15, 0.2) is 0 Å². The largest absolute Gasteiger partial charge is 0.397 e. The van der Waals surface area contributed by atoms with Crippen LogP contribution in [0.4, 0.5) is 0 Å². The molecule has 0 aliphatic rings. The van der Waals surface area contributed by atoms with Crippen LogP contribution in [-0.4, -0.2) is 17.5 Å². The Balaban J connectivity index is -0.0000000160. The second kappa shape index (κ2) is 54.5. The van der Waals surface area contributed by atoms with Crippen molar-refractivity contribution in [2.24, 2.45) is 0 Å². The van der Waals surface area contributed by atoms with Crippen LogP contribution in [0.5, 0.6) is 0 Å². The molecule has 2 heteroatoms. The van der Waals surface area contributed by atoms with Gasteiger partial charge in [-0.05, 0) is 12.7 Å². The first kappa shape index (κ1) is 23.9. The summed E-state index contributed by atoms with van der Waals surface area (Å²) in [4.78, 5) is 0. The Morgan fingerprint density at radius 3 is 1.25 bits per heavy atom. The third kappa shape index (κ3) is 1850. The lowest BCUT2D eigenvalue weighted by molar-refractivity contribution is 0.318. The van der Waals surface area contributed by atoms with E-state index in [2.05, 4.69) is 12.6 Å². The van der Waals surface area contributed by atoms with Crippen LogP contribution in [0.25, 0.3) is 0 Å². The van der Waals surface area contributed by atoms with E-state index in [-0.39, 0.29) is 21.5 Å². The summed E-state index contributed by atoms with van der Waals surface area (Å²) in [6.07, 6.45) is 0. The SMILES string of the molecule is C.C.CCO.CCS. The van der Waals surface area contributed by atoms with Gasteiger partial charge in [0.25, 0.3) is 0 Å². The lowest BCUT2D eigenvalue weighted by atomic mass is 10.9. The zero-order chi connectivity index (χ0) is 5.41. The summed E-state index contributed by atoms with van der Waals surface area (Å²) in [5.41, 5.74) is 0. The van der Waals surface area contributed by atoms with Gasteiger partial charge in [-0.25, -0.2) is 0 Å². The highest BCUT2D eigenvalue weighted by Crippen LogP contribution is 1.58. The Hall–Kier alpha value is 0.310. The lowest BCUT2D eigenvalue weighted by Gasteiger charge is -1.52. The normalized spacial score (nSPS) is 4.50. The summed E-state index contributed by atoms with van der Waals surface area (Å²) < 4.78 is 0. The van der Waals surface area contributed by atoms with Gasteiger partial charge in [-0.3, -0.25) is 0 Å². The van der Waals surface area contributed by atoms with E-state index in [9.17, 15) is 0 Å². The molecule has 8 heavy (non-hydrogen) atoms. The summed E-state index contributed by atoms with van der Waals surface area (Å²) in [5.74, 6) is 0.944. The van der Waals surface area contributed by atoms with Gasteiger partial charge in [-0.15, -0.1) is 0 Å². The molecule has 0 rings (SSSR count). The molecule has 0 unspecified atom stereocenters. The van der Waals surface area contributed by atoms with Crippen molar-refractivity contribution in [2.75, 3.05) is 12.4 Å². The van der Waals surface area contributed by atoms with Crippen molar-refractivity contribution in [3.8, 4) is 0 Å². The minimum absolute atomic E-state index is 0. The van der Waals surface area contributed by atoms with E-state index in [1.807, 2.05) is 6.92 Å². The molecule has 56 valence electrons. The highest BCUT2D eigenvalue weighted by atomic mass is 32.1. The van der Waals surface area contributed by atoms with Gasteiger partial charge in [0.2, 0.25) is 0 Å². The average molecular weight is 140 g/mol. The Morgan fingerprint density at radius 2 is 1.25 bits per heavy atom. The summed E-state index contributed by atoms with van der Waals surface area (Å²) >= 11 is 3.79. The van der Waals surface area contributed by atoms with E-state index in [4.69, 9.17) is 5.11 Å². The highest BCUT2D eigenvalue weighted by Gasteiger charge is 1.35. The van der Waals surface area contributed by atoms with Crippen molar-refractivity contribution < 1.29 is 5.11 Å². The number of rotatable bonds is 0. The fourth-order valence-electron chi connectivity index (χ4n) is 0. The summed E-state index contributed by atoms with van der Waals surface area (Å²) in [7, 11) is 0. The van der Waals surface area contributed by atoms with Gasteiger partial charge in [0.05, 0.1) is 0 Å². The standard InChI is InChI=1S/C2H6O.C2H6S.2CH4/c2*1-2-3;;/h2*3H,2H2,1H3;2*1H4. The predicted molar refractivity (Wildman–Crippen MR) is 45.7 cm³/mol. The Morgan fingerprint density at radius 1 is 1.25 bits per heavy atom. The zero-order valence-corrected chi connectivity index (χ0v) is 5.20. The Labute approximate surface area is 59.5 Å². The monoisotopic (exact) mass is 140 g/mol. The minimum Gasteiger partial charge on any atom is -0.397 e. The number of aliphatic hydroxyl groups excluding tert-OH is 1. The maximum atomic E-state index is 7.57. The van der Waals surface area contributed by atoms with Crippen LogP contribution in [-0.2, 0) is 0 Å². The molecule has 0 aromatic rings.